The maximum absolute atomic E-state index is 12.8. The summed E-state index contributed by atoms with van der Waals surface area (Å²) in [6.07, 6.45) is 0.277. The second-order valence-corrected chi connectivity index (χ2v) is 7.82. The molecular formula is C19H19NO4S. The fourth-order valence-electron chi connectivity index (χ4n) is 2.78. The highest BCUT2D eigenvalue weighted by Crippen LogP contribution is 2.29. The van der Waals surface area contributed by atoms with E-state index in [9.17, 15) is 13.2 Å². The van der Waals surface area contributed by atoms with E-state index in [-0.39, 0.29) is 24.5 Å². The highest BCUT2D eigenvalue weighted by molar-refractivity contribution is 7.89. The summed E-state index contributed by atoms with van der Waals surface area (Å²) in [6, 6.07) is 16.5. The number of hydrogen-bond acceptors (Lipinski definition) is 4. The molecule has 0 aliphatic carbocycles. The molecule has 2 aromatic rings. The molecule has 0 bridgehead atoms. The van der Waals surface area contributed by atoms with E-state index in [2.05, 4.69) is 6.58 Å². The third-order valence-electron chi connectivity index (χ3n) is 4.05. The number of esters is 1. The van der Waals surface area contributed by atoms with Gasteiger partial charge < -0.3 is 4.74 Å². The number of rotatable bonds is 5. The van der Waals surface area contributed by atoms with Gasteiger partial charge in [0.05, 0.1) is 4.90 Å². The summed E-state index contributed by atoms with van der Waals surface area (Å²) in [4.78, 5) is 12.6. The Balaban J connectivity index is 1.77. The number of carbonyl (C=O) groups is 1. The van der Waals surface area contributed by atoms with Crippen molar-refractivity contribution in [2.45, 2.75) is 24.0 Å². The van der Waals surface area contributed by atoms with Crippen LogP contribution in [0.5, 0.6) is 0 Å². The topological polar surface area (TPSA) is 63.7 Å². The summed E-state index contributed by atoms with van der Waals surface area (Å²) in [5, 5.41) is 0. The molecule has 1 aliphatic heterocycles. The van der Waals surface area contributed by atoms with Crippen LogP contribution in [0.25, 0.3) is 0 Å². The molecule has 0 N–H and O–H groups in total. The second-order valence-electron chi connectivity index (χ2n) is 5.93. The lowest BCUT2D eigenvalue weighted by Crippen LogP contribution is -2.41. The average molecular weight is 357 g/mol. The zero-order valence-corrected chi connectivity index (χ0v) is 14.5. The van der Waals surface area contributed by atoms with Gasteiger partial charge in [0.25, 0.3) is 0 Å². The van der Waals surface area contributed by atoms with Crippen molar-refractivity contribution >= 4 is 16.0 Å². The molecule has 2 aromatic carbocycles. The lowest BCUT2D eigenvalue weighted by molar-refractivity contribution is -0.148. The molecule has 25 heavy (non-hydrogen) atoms. The van der Waals surface area contributed by atoms with Crippen LogP contribution in [-0.4, -0.2) is 31.3 Å². The molecule has 0 aromatic heterocycles. The van der Waals surface area contributed by atoms with Crippen molar-refractivity contribution in [1.82, 2.24) is 4.31 Å². The van der Waals surface area contributed by atoms with E-state index < -0.39 is 22.0 Å². The van der Waals surface area contributed by atoms with E-state index in [4.69, 9.17) is 4.74 Å². The van der Waals surface area contributed by atoms with Gasteiger partial charge in [-0.2, -0.15) is 4.31 Å². The Labute approximate surface area is 147 Å². The molecule has 1 saturated heterocycles. The van der Waals surface area contributed by atoms with Crippen LogP contribution < -0.4 is 0 Å². The molecule has 1 aliphatic rings. The smallest absolute Gasteiger partial charge is 0.325 e. The summed E-state index contributed by atoms with van der Waals surface area (Å²) in [7, 11) is -3.78. The van der Waals surface area contributed by atoms with Crippen molar-refractivity contribution in [3.05, 3.63) is 78.4 Å². The van der Waals surface area contributed by atoms with Crippen LogP contribution in [0.3, 0.4) is 0 Å². The number of sulfonamides is 1. The van der Waals surface area contributed by atoms with E-state index in [1.54, 1.807) is 18.2 Å². The largest absolute Gasteiger partial charge is 0.460 e. The third-order valence-corrected chi connectivity index (χ3v) is 5.92. The summed E-state index contributed by atoms with van der Waals surface area (Å²) < 4.78 is 32.2. The second kappa shape index (κ2) is 7.21. The molecule has 6 heteroatoms. The normalized spacial score (nSPS) is 18.2. The number of hydrogen-bond donors (Lipinski definition) is 0. The van der Waals surface area contributed by atoms with E-state index in [1.165, 1.54) is 16.4 Å². The van der Waals surface area contributed by atoms with E-state index >= 15 is 0 Å². The first-order valence-corrected chi connectivity index (χ1v) is 9.36. The molecule has 1 fully saturated rings. The highest BCUT2D eigenvalue weighted by atomic mass is 32.2. The Morgan fingerprint density at radius 3 is 2.32 bits per heavy atom. The minimum atomic E-state index is -3.78. The van der Waals surface area contributed by atoms with Gasteiger partial charge >= 0.3 is 5.97 Å². The first-order chi connectivity index (χ1) is 12.0. The summed E-state index contributed by atoms with van der Waals surface area (Å²) in [5.74, 6) is -0.554. The predicted octanol–water partition coefficient (Wildman–Crippen LogP) is 2.75. The maximum atomic E-state index is 12.8. The van der Waals surface area contributed by atoms with E-state index in [0.717, 1.165) is 5.56 Å². The Morgan fingerprint density at radius 1 is 1.08 bits per heavy atom. The number of nitrogens with zero attached hydrogens (tertiary/aromatic N) is 1. The highest BCUT2D eigenvalue weighted by Gasteiger charge is 2.41. The molecule has 130 valence electrons. The molecule has 0 unspecified atom stereocenters. The quantitative estimate of drug-likeness (QED) is 0.610. The summed E-state index contributed by atoms with van der Waals surface area (Å²) >= 11 is 0. The Hall–Kier alpha value is -2.44. The van der Waals surface area contributed by atoms with Gasteiger partial charge in [-0.25, -0.2) is 8.42 Å². The molecule has 0 spiro atoms. The Bertz CT molecular complexity index is 863. The van der Waals surface area contributed by atoms with Crippen molar-refractivity contribution in [3.8, 4) is 0 Å². The average Bonchev–Trinajstić information content (AvgIpc) is 3.04. The lowest BCUT2D eigenvalue weighted by Gasteiger charge is -2.22. The molecule has 3 rings (SSSR count). The predicted molar refractivity (Wildman–Crippen MR) is 94.1 cm³/mol. The minimum absolute atomic E-state index is 0.113. The van der Waals surface area contributed by atoms with Crippen LogP contribution in [0.15, 0.2) is 77.7 Å². The summed E-state index contributed by atoms with van der Waals surface area (Å²) in [6.45, 7) is 4.09. The van der Waals surface area contributed by atoms with Crippen LogP contribution in [0.1, 0.15) is 12.0 Å². The standard InChI is InChI=1S/C19H19NO4S/c1-15-12-18(19(21)24-14-16-8-4-2-5-9-16)20(13-15)25(22,23)17-10-6-3-7-11-17/h2-11,18H,1,12-14H2/t18-/m0/s1. The van der Waals surface area contributed by atoms with Gasteiger partial charge in [-0.05, 0) is 24.1 Å². The number of benzene rings is 2. The van der Waals surface area contributed by atoms with Crippen molar-refractivity contribution in [2.75, 3.05) is 6.54 Å². The fourth-order valence-corrected chi connectivity index (χ4v) is 4.40. The van der Waals surface area contributed by atoms with Gasteiger partial charge in [0, 0.05) is 6.54 Å². The van der Waals surface area contributed by atoms with Crippen molar-refractivity contribution < 1.29 is 17.9 Å². The molecule has 5 nitrogen and oxygen atoms in total. The molecule has 0 amide bonds. The number of ether oxygens (including phenoxy) is 1. The van der Waals surface area contributed by atoms with Gasteiger partial charge in [-0.3, -0.25) is 4.79 Å². The van der Waals surface area contributed by atoms with Gasteiger partial charge in [0.1, 0.15) is 12.6 Å². The Morgan fingerprint density at radius 2 is 1.68 bits per heavy atom. The van der Waals surface area contributed by atoms with E-state index in [1.807, 2.05) is 30.3 Å². The molecular weight excluding hydrogens is 338 g/mol. The third kappa shape index (κ3) is 3.81. The first kappa shape index (κ1) is 17.4. The van der Waals surface area contributed by atoms with Gasteiger partial charge in [0.2, 0.25) is 10.0 Å². The Kier molecular flexibility index (Phi) is 5.01. The zero-order chi connectivity index (χ0) is 17.9. The van der Waals surface area contributed by atoms with E-state index in [0.29, 0.717) is 5.57 Å². The van der Waals surface area contributed by atoms with Crippen LogP contribution >= 0.6 is 0 Å². The first-order valence-electron chi connectivity index (χ1n) is 7.92. The lowest BCUT2D eigenvalue weighted by atomic mass is 10.2. The molecule has 1 heterocycles. The molecule has 1 atom stereocenters. The van der Waals surface area contributed by atoms with Crippen LogP contribution in [-0.2, 0) is 26.2 Å². The van der Waals surface area contributed by atoms with Crippen molar-refractivity contribution in [1.29, 1.82) is 0 Å². The van der Waals surface area contributed by atoms with Crippen LogP contribution in [0.2, 0.25) is 0 Å². The van der Waals surface area contributed by atoms with Gasteiger partial charge in [-0.15, -0.1) is 0 Å². The van der Waals surface area contributed by atoms with Gasteiger partial charge in [-0.1, -0.05) is 60.7 Å². The maximum Gasteiger partial charge on any atom is 0.325 e. The summed E-state index contributed by atoms with van der Waals surface area (Å²) in [5.41, 5.74) is 1.55. The molecule has 0 radical (unpaired) electrons. The van der Waals surface area contributed by atoms with Crippen molar-refractivity contribution in [2.24, 2.45) is 0 Å². The van der Waals surface area contributed by atoms with Crippen LogP contribution in [0.4, 0.5) is 0 Å². The van der Waals surface area contributed by atoms with Crippen LogP contribution in [0, 0.1) is 0 Å². The van der Waals surface area contributed by atoms with Crippen molar-refractivity contribution in [3.63, 3.8) is 0 Å². The fraction of sp³-hybridized carbons (Fsp3) is 0.211. The molecule has 0 saturated carbocycles. The van der Waals surface area contributed by atoms with Gasteiger partial charge in [0.15, 0.2) is 0 Å². The SMILES string of the molecule is C=C1C[C@@H](C(=O)OCc2ccccc2)N(S(=O)(=O)c2ccccc2)C1. The zero-order valence-electron chi connectivity index (χ0n) is 13.7. The monoisotopic (exact) mass is 357 g/mol. The number of carbonyl (C=O) groups excluding carboxylic acids is 1. The minimum Gasteiger partial charge on any atom is -0.460 e.